The van der Waals surface area contributed by atoms with Crippen molar-refractivity contribution in [3.8, 4) is 11.5 Å². The van der Waals surface area contributed by atoms with E-state index in [1.165, 1.54) is 13.2 Å². The summed E-state index contributed by atoms with van der Waals surface area (Å²) in [7, 11) is 1.35. The number of nitrogens with one attached hydrogen (secondary N) is 1. The summed E-state index contributed by atoms with van der Waals surface area (Å²) in [6.45, 7) is 0.0587. The average Bonchev–Trinajstić information content (AvgIpc) is 2.86. The number of halogens is 3. The van der Waals surface area contributed by atoms with Crippen molar-refractivity contribution in [3.05, 3.63) is 95.1 Å². The lowest BCUT2D eigenvalue weighted by Gasteiger charge is -2.13. The minimum Gasteiger partial charge on any atom is -0.493 e. The third kappa shape index (κ3) is 9.33. The molecule has 0 aliphatic heterocycles. The molecule has 0 aliphatic rings. The summed E-state index contributed by atoms with van der Waals surface area (Å²) in [5, 5.41) is 2.88. The van der Waals surface area contributed by atoms with Gasteiger partial charge in [-0.25, -0.2) is 0 Å². The van der Waals surface area contributed by atoms with Crippen molar-refractivity contribution in [2.24, 2.45) is 0 Å². The Balaban J connectivity index is 1.39. The second-order valence-electron chi connectivity index (χ2n) is 7.96. The number of methoxy groups -OCH3 is 1. The van der Waals surface area contributed by atoms with Gasteiger partial charge < -0.3 is 19.5 Å². The molecule has 8 heteroatoms. The van der Waals surface area contributed by atoms with E-state index in [9.17, 15) is 18.0 Å². The summed E-state index contributed by atoms with van der Waals surface area (Å²) in [6.07, 6.45) is -3.78. The molecule has 0 aliphatic carbocycles. The zero-order chi connectivity index (χ0) is 25.1. The first-order chi connectivity index (χ1) is 16.8. The normalized spacial score (nSPS) is 11.2. The van der Waals surface area contributed by atoms with Crippen LogP contribution in [0.15, 0.2) is 72.8 Å². The monoisotopic (exact) mass is 487 g/mol. The van der Waals surface area contributed by atoms with Gasteiger partial charge in [0.2, 0.25) is 5.91 Å². The SMILES string of the molecule is COc1cc(CCC(=O)NCc2ccc(COCc3ccccc3)cc2)ccc1OCC(F)(F)F. The lowest BCUT2D eigenvalue weighted by atomic mass is 10.1. The average molecular weight is 488 g/mol. The van der Waals surface area contributed by atoms with Crippen LogP contribution in [0.25, 0.3) is 0 Å². The van der Waals surface area contributed by atoms with Gasteiger partial charge in [-0.2, -0.15) is 13.2 Å². The van der Waals surface area contributed by atoms with Crippen LogP contribution in [0.5, 0.6) is 11.5 Å². The largest absolute Gasteiger partial charge is 0.493 e. The van der Waals surface area contributed by atoms with E-state index in [2.05, 4.69) is 5.32 Å². The van der Waals surface area contributed by atoms with Crippen LogP contribution in [0.1, 0.15) is 28.7 Å². The molecule has 5 nitrogen and oxygen atoms in total. The van der Waals surface area contributed by atoms with Crippen LogP contribution in [0.2, 0.25) is 0 Å². The number of benzene rings is 3. The zero-order valence-electron chi connectivity index (χ0n) is 19.4. The van der Waals surface area contributed by atoms with Crippen LogP contribution < -0.4 is 14.8 Å². The third-order valence-corrected chi connectivity index (χ3v) is 5.15. The van der Waals surface area contributed by atoms with E-state index in [1.807, 2.05) is 54.6 Å². The molecule has 3 aromatic rings. The molecule has 0 heterocycles. The Labute approximate surface area is 202 Å². The van der Waals surface area contributed by atoms with Crippen molar-refractivity contribution in [2.75, 3.05) is 13.7 Å². The molecule has 0 fully saturated rings. The molecular formula is C27H28F3NO4. The molecular weight excluding hydrogens is 459 g/mol. The van der Waals surface area contributed by atoms with Crippen molar-refractivity contribution in [2.45, 2.75) is 38.8 Å². The van der Waals surface area contributed by atoms with Crippen molar-refractivity contribution in [3.63, 3.8) is 0 Å². The predicted molar refractivity (Wildman–Crippen MR) is 126 cm³/mol. The minimum atomic E-state index is -4.43. The number of carbonyl (C=O) groups is 1. The van der Waals surface area contributed by atoms with Crippen molar-refractivity contribution < 1.29 is 32.2 Å². The molecule has 0 aromatic heterocycles. The summed E-state index contributed by atoms with van der Waals surface area (Å²) in [4.78, 5) is 12.3. The molecule has 0 saturated heterocycles. The third-order valence-electron chi connectivity index (χ3n) is 5.15. The number of carbonyl (C=O) groups excluding carboxylic acids is 1. The van der Waals surface area contributed by atoms with Gasteiger partial charge in [-0.15, -0.1) is 0 Å². The highest BCUT2D eigenvalue weighted by molar-refractivity contribution is 5.76. The fourth-order valence-electron chi connectivity index (χ4n) is 3.31. The molecule has 3 rings (SSSR count). The standard InChI is InChI=1S/C27H28F3NO4/c1-33-25-15-20(11-13-24(25)35-19-27(28,29)30)12-14-26(32)31-16-21-7-9-23(10-8-21)18-34-17-22-5-3-2-4-6-22/h2-11,13,15H,12,14,16-19H2,1H3,(H,31,32). The van der Waals surface area contributed by atoms with Crippen molar-refractivity contribution in [1.29, 1.82) is 0 Å². The summed E-state index contributed by atoms with van der Waals surface area (Å²) in [5.41, 5.74) is 3.90. The molecule has 0 radical (unpaired) electrons. The Morgan fingerprint density at radius 3 is 2.11 bits per heavy atom. The van der Waals surface area contributed by atoms with Crippen LogP contribution in [-0.4, -0.2) is 25.8 Å². The van der Waals surface area contributed by atoms with Crippen LogP contribution in [0, 0.1) is 0 Å². The first-order valence-electron chi connectivity index (χ1n) is 11.1. The highest BCUT2D eigenvalue weighted by atomic mass is 19.4. The smallest absolute Gasteiger partial charge is 0.422 e. The number of aryl methyl sites for hydroxylation is 1. The lowest BCUT2D eigenvalue weighted by molar-refractivity contribution is -0.153. The van der Waals surface area contributed by atoms with Gasteiger partial charge in [-0.05, 0) is 40.8 Å². The van der Waals surface area contributed by atoms with Crippen LogP contribution in [-0.2, 0) is 35.7 Å². The number of ether oxygens (including phenoxy) is 3. The molecule has 35 heavy (non-hydrogen) atoms. The molecule has 3 aromatic carbocycles. The molecule has 0 atom stereocenters. The Hall–Kier alpha value is -3.52. The number of hydrogen-bond donors (Lipinski definition) is 1. The Kier molecular flexibility index (Phi) is 9.55. The van der Waals surface area contributed by atoms with Crippen LogP contribution in [0.3, 0.4) is 0 Å². The first-order valence-corrected chi connectivity index (χ1v) is 11.1. The lowest BCUT2D eigenvalue weighted by Crippen LogP contribution is -2.23. The maximum absolute atomic E-state index is 12.4. The minimum absolute atomic E-state index is 0.00643. The second-order valence-corrected chi connectivity index (χ2v) is 7.96. The van der Waals surface area contributed by atoms with E-state index in [0.29, 0.717) is 26.2 Å². The Morgan fingerprint density at radius 2 is 1.46 bits per heavy atom. The number of rotatable bonds is 12. The molecule has 0 saturated carbocycles. The van der Waals surface area contributed by atoms with Crippen LogP contribution >= 0.6 is 0 Å². The molecule has 186 valence electrons. The van der Waals surface area contributed by atoms with E-state index >= 15 is 0 Å². The van der Waals surface area contributed by atoms with E-state index in [0.717, 1.165) is 22.3 Å². The van der Waals surface area contributed by atoms with E-state index in [4.69, 9.17) is 14.2 Å². The van der Waals surface area contributed by atoms with Gasteiger partial charge in [0.05, 0.1) is 20.3 Å². The number of amides is 1. The fraction of sp³-hybridized carbons (Fsp3) is 0.296. The van der Waals surface area contributed by atoms with Gasteiger partial charge >= 0.3 is 6.18 Å². The molecule has 1 N–H and O–H groups in total. The maximum Gasteiger partial charge on any atom is 0.422 e. The Morgan fingerprint density at radius 1 is 0.829 bits per heavy atom. The topological polar surface area (TPSA) is 56.8 Å². The van der Waals surface area contributed by atoms with E-state index < -0.39 is 12.8 Å². The quantitative estimate of drug-likeness (QED) is 0.361. The van der Waals surface area contributed by atoms with Gasteiger partial charge in [0.1, 0.15) is 0 Å². The first kappa shape index (κ1) is 26.1. The summed E-state index contributed by atoms with van der Waals surface area (Å²) < 4.78 is 52.7. The molecule has 0 bridgehead atoms. The number of alkyl halides is 3. The van der Waals surface area contributed by atoms with Crippen LogP contribution in [0.4, 0.5) is 13.2 Å². The zero-order valence-corrected chi connectivity index (χ0v) is 19.4. The number of hydrogen-bond acceptors (Lipinski definition) is 4. The maximum atomic E-state index is 12.4. The summed E-state index contributed by atoms with van der Waals surface area (Å²) >= 11 is 0. The van der Waals surface area contributed by atoms with E-state index in [-0.39, 0.29) is 23.8 Å². The predicted octanol–water partition coefficient (Wildman–Crippen LogP) is 5.60. The van der Waals surface area contributed by atoms with Gasteiger partial charge in [-0.3, -0.25) is 4.79 Å². The summed E-state index contributed by atoms with van der Waals surface area (Å²) in [5.74, 6) is 0.0728. The van der Waals surface area contributed by atoms with Crippen molar-refractivity contribution in [1.82, 2.24) is 5.32 Å². The van der Waals surface area contributed by atoms with Crippen molar-refractivity contribution >= 4 is 5.91 Å². The fourth-order valence-corrected chi connectivity index (χ4v) is 3.31. The Bertz CT molecular complexity index is 1070. The molecule has 0 unspecified atom stereocenters. The highest BCUT2D eigenvalue weighted by Crippen LogP contribution is 2.30. The highest BCUT2D eigenvalue weighted by Gasteiger charge is 2.29. The summed E-state index contributed by atoms with van der Waals surface area (Å²) in [6, 6.07) is 22.4. The van der Waals surface area contributed by atoms with Gasteiger partial charge in [0, 0.05) is 13.0 Å². The molecule has 0 spiro atoms. The van der Waals surface area contributed by atoms with Gasteiger partial charge in [-0.1, -0.05) is 60.7 Å². The van der Waals surface area contributed by atoms with Gasteiger partial charge in [0.15, 0.2) is 18.1 Å². The molecule has 1 amide bonds. The second kappa shape index (κ2) is 12.8. The van der Waals surface area contributed by atoms with E-state index in [1.54, 1.807) is 12.1 Å². The van der Waals surface area contributed by atoms with Gasteiger partial charge in [0.25, 0.3) is 0 Å².